The van der Waals surface area contributed by atoms with Crippen molar-refractivity contribution < 1.29 is 17.2 Å². The molecule has 0 spiro atoms. The molecule has 0 saturated carbocycles. The molecule has 4 rings (SSSR count). The fourth-order valence-electron chi connectivity index (χ4n) is 2.92. The summed E-state index contributed by atoms with van der Waals surface area (Å²) in [4.78, 5) is 19.5. The van der Waals surface area contributed by atoms with Crippen LogP contribution in [-0.2, 0) is 10.2 Å². The van der Waals surface area contributed by atoms with Crippen molar-refractivity contribution in [2.75, 3.05) is 23.6 Å². The molecule has 0 aliphatic carbocycles. The van der Waals surface area contributed by atoms with E-state index in [1.54, 1.807) is 19.1 Å². The lowest BCUT2D eigenvalue weighted by Gasteiger charge is -2.18. The Morgan fingerprint density at radius 3 is 2.72 bits per heavy atom. The van der Waals surface area contributed by atoms with Crippen molar-refractivity contribution >= 4 is 38.6 Å². The lowest BCUT2D eigenvalue weighted by molar-refractivity contribution is 0.491. The summed E-state index contributed by atoms with van der Waals surface area (Å²) >= 11 is 0. The highest BCUT2D eigenvalue weighted by Gasteiger charge is 2.22. The second kappa shape index (κ2) is 8.43. The van der Waals surface area contributed by atoms with Crippen LogP contribution in [0, 0.1) is 11.6 Å². The van der Waals surface area contributed by atoms with Gasteiger partial charge in [-0.25, -0.2) is 28.7 Å². The van der Waals surface area contributed by atoms with Gasteiger partial charge in [0.25, 0.3) is 0 Å². The molecule has 10 nitrogen and oxygen atoms in total. The Labute approximate surface area is 181 Å². The van der Waals surface area contributed by atoms with Gasteiger partial charge in [-0.05, 0) is 24.3 Å². The number of fused-ring (bicyclic) bond motifs is 1. The van der Waals surface area contributed by atoms with Gasteiger partial charge < -0.3 is 10.3 Å². The first-order valence-corrected chi connectivity index (χ1v) is 10.8. The lowest BCUT2D eigenvalue weighted by Crippen LogP contribution is -2.32. The van der Waals surface area contributed by atoms with Crippen molar-refractivity contribution in [3.63, 3.8) is 0 Å². The monoisotopic (exact) mass is 460 g/mol. The largest absolute Gasteiger partial charge is 0.341 e. The number of nitrogens with zero attached hydrogens (tertiary/aromatic N) is 5. The molecule has 0 radical (unpaired) electrons. The van der Waals surface area contributed by atoms with E-state index in [4.69, 9.17) is 0 Å². The third-order valence-electron chi connectivity index (χ3n) is 4.71. The molecule has 0 atom stereocenters. The Kier molecular flexibility index (Phi) is 5.67. The third-order valence-corrected chi connectivity index (χ3v) is 6.27. The summed E-state index contributed by atoms with van der Waals surface area (Å²) < 4.78 is 57.3. The molecule has 166 valence electrons. The molecule has 0 aliphatic rings. The maximum absolute atomic E-state index is 15.1. The van der Waals surface area contributed by atoms with Crippen LogP contribution < -0.4 is 10.0 Å². The van der Waals surface area contributed by atoms with Crippen LogP contribution in [-0.4, -0.2) is 51.2 Å². The summed E-state index contributed by atoms with van der Waals surface area (Å²) in [5.41, 5.74) is 0.807. The summed E-state index contributed by atoms with van der Waals surface area (Å²) in [6.45, 7) is 1.79. The molecule has 3 N–H and O–H groups in total. The number of rotatable bonds is 7. The second-order valence-electron chi connectivity index (χ2n) is 6.65. The number of halogens is 2. The SMILES string of the molecule is CCN(C)S(=O)(=O)Nc1ccc(F)c(Nc2ncccc2-c2ncnc3nc[nH]c23)c1F. The summed E-state index contributed by atoms with van der Waals surface area (Å²) in [6.07, 6.45) is 4.21. The molecule has 0 fully saturated rings. The van der Waals surface area contributed by atoms with Crippen LogP contribution in [0.3, 0.4) is 0 Å². The molecule has 0 amide bonds. The lowest BCUT2D eigenvalue weighted by atomic mass is 10.1. The quantitative estimate of drug-likeness (QED) is 0.387. The molecular weight excluding hydrogens is 442 g/mol. The highest BCUT2D eigenvalue weighted by atomic mass is 32.2. The maximum Gasteiger partial charge on any atom is 0.301 e. The Hall–Kier alpha value is -3.71. The van der Waals surface area contributed by atoms with Gasteiger partial charge in [0.15, 0.2) is 11.5 Å². The molecule has 13 heteroatoms. The van der Waals surface area contributed by atoms with Crippen molar-refractivity contribution in [1.82, 2.24) is 29.2 Å². The van der Waals surface area contributed by atoms with Gasteiger partial charge in [0.1, 0.15) is 34.9 Å². The van der Waals surface area contributed by atoms with Gasteiger partial charge in [0.05, 0.1) is 12.0 Å². The Morgan fingerprint density at radius 2 is 1.94 bits per heavy atom. The first-order valence-electron chi connectivity index (χ1n) is 9.40. The van der Waals surface area contributed by atoms with E-state index >= 15 is 4.39 Å². The number of aromatic nitrogens is 5. The number of pyridine rings is 1. The van der Waals surface area contributed by atoms with Gasteiger partial charge in [0.2, 0.25) is 0 Å². The Bertz CT molecular complexity index is 1390. The van der Waals surface area contributed by atoms with E-state index in [0.717, 1.165) is 16.4 Å². The van der Waals surface area contributed by atoms with Gasteiger partial charge >= 0.3 is 10.2 Å². The average molecular weight is 460 g/mol. The summed E-state index contributed by atoms with van der Waals surface area (Å²) in [5, 5.41) is 2.63. The van der Waals surface area contributed by atoms with Crippen LogP contribution in [0.25, 0.3) is 22.4 Å². The van der Waals surface area contributed by atoms with E-state index in [2.05, 4.69) is 35.0 Å². The number of imidazole rings is 1. The number of aromatic amines is 1. The number of anilines is 3. The first-order chi connectivity index (χ1) is 15.3. The fourth-order valence-corrected chi connectivity index (χ4v) is 3.85. The van der Waals surface area contributed by atoms with Crippen molar-refractivity contribution in [1.29, 1.82) is 0 Å². The van der Waals surface area contributed by atoms with Gasteiger partial charge in [-0.1, -0.05) is 6.92 Å². The number of H-pyrrole nitrogens is 1. The predicted molar refractivity (Wildman–Crippen MR) is 115 cm³/mol. The zero-order valence-electron chi connectivity index (χ0n) is 17.0. The van der Waals surface area contributed by atoms with E-state index in [9.17, 15) is 12.8 Å². The standard InChI is InChI=1S/C19H18F2N8O2S/c1-3-29(2)32(30,31)28-13-7-6-12(20)16(14(13)21)27-18-11(5-4-8-22-18)15-17-19(25-9-23-15)26-10-24-17/h4-10,28H,3H2,1-2H3,(H,22,27)(H,23,24,25,26). The Balaban J connectivity index is 1.76. The van der Waals surface area contributed by atoms with E-state index in [1.165, 1.54) is 25.9 Å². The van der Waals surface area contributed by atoms with Gasteiger partial charge in [-0.15, -0.1) is 0 Å². The minimum Gasteiger partial charge on any atom is -0.341 e. The molecule has 3 heterocycles. The van der Waals surface area contributed by atoms with Gasteiger partial charge in [-0.3, -0.25) is 4.72 Å². The van der Waals surface area contributed by atoms with Gasteiger partial charge in [-0.2, -0.15) is 12.7 Å². The minimum atomic E-state index is -4.01. The van der Waals surface area contributed by atoms with Crippen molar-refractivity contribution in [3.8, 4) is 11.3 Å². The normalized spacial score (nSPS) is 11.8. The predicted octanol–water partition coefficient (Wildman–Crippen LogP) is 3.05. The fraction of sp³-hybridized carbons (Fsp3) is 0.158. The molecule has 0 bridgehead atoms. The van der Waals surface area contributed by atoms with Crippen molar-refractivity contribution in [3.05, 3.63) is 54.8 Å². The highest BCUT2D eigenvalue weighted by molar-refractivity contribution is 7.90. The van der Waals surface area contributed by atoms with Crippen molar-refractivity contribution in [2.24, 2.45) is 0 Å². The minimum absolute atomic E-state index is 0.102. The molecular formula is C19H18F2N8O2S. The Morgan fingerprint density at radius 1 is 1.12 bits per heavy atom. The summed E-state index contributed by atoms with van der Waals surface area (Å²) in [6, 6.07) is 5.27. The molecule has 0 aliphatic heterocycles. The van der Waals surface area contributed by atoms with Gasteiger partial charge in [0, 0.05) is 25.4 Å². The number of nitrogens with one attached hydrogen (secondary N) is 3. The smallest absolute Gasteiger partial charge is 0.301 e. The maximum atomic E-state index is 15.1. The topological polar surface area (TPSA) is 129 Å². The number of benzene rings is 1. The molecule has 32 heavy (non-hydrogen) atoms. The van der Waals surface area contributed by atoms with E-state index in [0.29, 0.717) is 22.4 Å². The van der Waals surface area contributed by atoms with Crippen molar-refractivity contribution in [2.45, 2.75) is 6.92 Å². The van der Waals surface area contributed by atoms with Crippen LogP contribution in [0.1, 0.15) is 6.92 Å². The molecule has 0 saturated heterocycles. The van der Waals surface area contributed by atoms with E-state index < -0.39 is 33.2 Å². The van der Waals surface area contributed by atoms with Crippen LogP contribution in [0.15, 0.2) is 43.1 Å². The second-order valence-corrected chi connectivity index (χ2v) is 8.43. The highest BCUT2D eigenvalue weighted by Crippen LogP contribution is 2.34. The zero-order valence-corrected chi connectivity index (χ0v) is 17.8. The van der Waals surface area contributed by atoms with Crippen LogP contribution in [0.5, 0.6) is 0 Å². The van der Waals surface area contributed by atoms with E-state index in [-0.39, 0.29) is 12.4 Å². The number of hydrogen-bond acceptors (Lipinski definition) is 7. The molecule has 3 aromatic heterocycles. The summed E-state index contributed by atoms with van der Waals surface area (Å²) in [7, 11) is -2.67. The average Bonchev–Trinajstić information content (AvgIpc) is 3.27. The number of hydrogen-bond donors (Lipinski definition) is 3. The molecule has 4 aromatic rings. The third kappa shape index (κ3) is 3.94. The summed E-state index contributed by atoms with van der Waals surface area (Å²) in [5.74, 6) is -1.95. The van der Waals surface area contributed by atoms with Crippen LogP contribution in [0.2, 0.25) is 0 Å². The van der Waals surface area contributed by atoms with Crippen LogP contribution in [0.4, 0.5) is 26.0 Å². The van der Waals surface area contributed by atoms with Crippen LogP contribution >= 0.6 is 0 Å². The first kappa shape index (κ1) is 21.5. The zero-order chi connectivity index (χ0) is 22.9. The molecule has 1 aromatic carbocycles. The van der Waals surface area contributed by atoms with E-state index in [1.807, 2.05) is 0 Å². The molecule has 0 unspecified atom stereocenters.